The molecule has 1 heterocycles. The number of nitrogens with zero attached hydrogens (tertiary/aromatic N) is 1. The molecule has 0 saturated carbocycles. The van der Waals surface area contributed by atoms with E-state index in [4.69, 9.17) is 10.00 Å². The normalized spacial score (nSPS) is 12.3. The SMILES string of the molecule is CC(C)(C)OC(=O)N[C@@H](Cc1cccs1)c1ccc(C#N)cc1. The van der Waals surface area contributed by atoms with Gasteiger partial charge in [-0.1, -0.05) is 18.2 Å². The van der Waals surface area contributed by atoms with Crippen molar-refractivity contribution in [1.82, 2.24) is 5.32 Å². The van der Waals surface area contributed by atoms with E-state index < -0.39 is 11.7 Å². The molecule has 0 spiro atoms. The van der Waals surface area contributed by atoms with E-state index >= 15 is 0 Å². The molecule has 1 N–H and O–H groups in total. The van der Waals surface area contributed by atoms with Gasteiger partial charge in [0, 0.05) is 11.3 Å². The van der Waals surface area contributed by atoms with Gasteiger partial charge in [0.05, 0.1) is 17.7 Å². The first-order valence-electron chi connectivity index (χ1n) is 7.39. The highest BCUT2D eigenvalue weighted by molar-refractivity contribution is 7.09. The first-order valence-corrected chi connectivity index (χ1v) is 8.27. The lowest BCUT2D eigenvalue weighted by atomic mass is 10.0. The molecule has 0 aliphatic carbocycles. The van der Waals surface area contributed by atoms with Crippen molar-refractivity contribution in [2.24, 2.45) is 0 Å². The van der Waals surface area contributed by atoms with Crippen LogP contribution in [0.2, 0.25) is 0 Å². The van der Waals surface area contributed by atoms with Gasteiger partial charge < -0.3 is 10.1 Å². The minimum Gasteiger partial charge on any atom is -0.444 e. The third-order valence-electron chi connectivity index (χ3n) is 3.12. The standard InChI is InChI=1S/C18H20N2O2S/c1-18(2,3)22-17(21)20-16(11-15-5-4-10-23-15)14-8-6-13(12-19)7-9-14/h4-10,16H,11H2,1-3H3,(H,20,21)/t16-/m0/s1. The molecule has 0 aliphatic heterocycles. The summed E-state index contributed by atoms with van der Waals surface area (Å²) in [6.07, 6.45) is 0.242. The zero-order valence-corrected chi connectivity index (χ0v) is 14.3. The zero-order valence-electron chi connectivity index (χ0n) is 13.5. The van der Waals surface area contributed by atoms with E-state index in [9.17, 15) is 4.79 Å². The van der Waals surface area contributed by atoms with Crippen molar-refractivity contribution in [3.05, 3.63) is 57.8 Å². The monoisotopic (exact) mass is 328 g/mol. The fraction of sp³-hybridized carbons (Fsp3) is 0.333. The molecule has 2 aromatic rings. The number of rotatable bonds is 4. The Kier molecular flexibility index (Phi) is 5.41. The fourth-order valence-corrected chi connectivity index (χ4v) is 2.87. The molecular formula is C18H20N2O2S. The lowest BCUT2D eigenvalue weighted by Crippen LogP contribution is -2.35. The van der Waals surface area contributed by atoms with E-state index in [1.165, 1.54) is 4.88 Å². The molecule has 23 heavy (non-hydrogen) atoms. The predicted octanol–water partition coefficient (Wildman–Crippen LogP) is 4.43. The van der Waals surface area contributed by atoms with Gasteiger partial charge in [-0.05, 0) is 49.9 Å². The van der Waals surface area contributed by atoms with Crippen molar-refractivity contribution in [3.63, 3.8) is 0 Å². The topological polar surface area (TPSA) is 62.1 Å². The molecule has 0 aliphatic rings. The van der Waals surface area contributed by atoms with Crippen LogP contribution in [0.5, 0.6) is 0 Å². The Hall–Kier alpha value is -2.32. The van der Waals surface area contributed by atoms with Crippen LogP contribution >= 0.6 is 11.3 Å². The highest BCUT2D eigenvalue weighted by atomic mass is 32.1. The molecular weight excluding hydrogens is 308 g/mol. The minimum atomic E-state index is -0.539. The maximum atomic E-state index is 12.1. The Labute approximate surface area is 140 Å². The van der Waals surface area contributed by atoms with Crippen LogP contribution in [-0.4, -0.2) is 11.7 Å². The van der Waals surface area contributed by atoms with Crippen LogP contribution in [0.3, 0.4) is 0 Å². The number of hydrogen-bond donors (Lipinski definition) is 1. The molecule has 1 amide bonds. The molecule has 1 aromatic carbocycles. The number of nitriles is 1. The Balaban J connectivity index is 2.17. The first kappa shape index (κ1) is 17.0. The molecule has 1 atom stereocenters. The van der Waals surface area contributed by atoms with Crippen molar-refractivity contribution in [1.29, 1.82) is 5.26 Å². The molecule has 0 radical (unpaired) electrons. The summed E-state index contributed by atoms with van der Waals surface area (Å²) in [7, 11) is 0. The summed E-state index contributed by atoms with van der Waals surface area (Å²) < 4.78 is 5.35. The van der Waals surface area contributed by atoms with Gasteiger partial charge in [-0.3, -0.25) is 0 Å². The summed E-state index contributed by atoms with van der Waals surface area (Å²) in [4.78, 5) is 13.3. The second-order valence-corrected chi connectivity index (χ2v) is 7.25. The number of hydrogen-bond acceptors (Lipinski definition) is 4. The third kappa shape index (κ3) is 5.42. The van der Waals surface area contributed by atoms with Crippen molar-refractivity contribution >= 4 is 17.4 Å². The van der Waals surface area contributed by atoms with Gasteiger partial charge in [-0.2, -0.15) is 5.26 Å². The number of alkyl carbamates (subject to hydrolysis) is 1. The van der Waals surface area contributed by atoms with Crippen molar-refractivity contribution < 1.29 is 9.53 Å². The highest BCUT2D eigenvalue weighted by Gasteiger charge is 2.21. The van der Waals surface area contributed by atoms with Gasteiger partial charge in [0.1, 0.15) is 5.60 Å². The molecule has 4 nitrogen and oxygen atoms in total. The van der Waals surface area contributed by atoms with Crippen molar-refractivity contribution in [2.75, 3.05) is 0 Å². The smallest absolute Gasteiger partial charge is 0.408 e. The maximum Gasteiger partial charge on any atom is 0.408 e. The average Bonchev–Trinajstić information content (AvgIpc) is 2.98. The number of thiophene rings is 1. The van der Waals surface area contributed by atoms with Crippen molar-refractivity contribution in [3.8, 4) is 6.07 Å². The minimum absolute atomic E-state index is 0.198. The van der Waals surface area contributed by atoms with Crippen LogP contribution in [0.15, 0.2) is 41.8 Å². The Morgan fingerprint density at radius 2 is 2.00 bits per heavy atom. The Morgan fingerprint density at radius 3 is 2.52 bits per heavy atom. The number of amides is 1. The van der Waals surface area contributed by atoms with Crippen LogP contribution in [0, 0.1) is 11.3 Å². The lowest BCUT2D eigenvalue weighted by molar-refractivity contribution is 0.0503. The fourth-order valence-electron chi connectivity index (χ4n) is 2.12. The molecule has 120 valence electrons. The second kappa shape index (κ2) is 7.30. The molecule has 0 fully saturated rings. The largest absolute Gasteiger partial charge is 0.444 e. The van der Waals surface area contributed by atoms with E-state index in [0.717, 1.165) is 5.56 Å². The summed E-state index contributed by atoms with van der Waals surface area (Å²) in [6, 6.07) is 13.2. The van der Waals surface area contributed by atoms with E-state index in [1.54, 1.807) is 23.5 Å². The van der Waals surface area contributed by atoms with E-state index in [0.29, 0.717) is 12.0 Å². The second-order valence-electron chi connectivity index (χ2n) is 6.22. The summed E-state index contributed by atoms with van der Waals surface area (Å²) >= 11 is 1.65. The van der Waals surface area contributed by atoms with Gasteiger partial charge in [0.15, 0.2) is 0 Å². The molecule has 0 unspecified atom stereocenters. The van der Waals surface area contributed by atoms with E-state index in [2.05, 4.69) is 11.4 Å². The van der Waals surface area contributed by atoms with Crippen LogP contribution in [0.25, 0.3) is 0 Å². The maximum absolute atomic E-state index is 12.1. The van der Waals surface area contributed by atoms with Gasteiger partial charge >= 0.3 is 6.09 Å². The quantitative estimate of drug-likeness (QED) is 0.903. The van der Waals surface area contributed by atoms with Crippen LogP contribution in [0.4, 0.5) is 4.79 Å². The van der Waals surface area contributed by atoms with Crippen LogP contribution in [-0.2, 0) is 11.2 Å². The summed E-state index contributed by atoms with van der Waals surface area (Å²) in [5.74, 6) is 0. The lowest BCUT2D eigenvalue weighted by Gasteiger charge is -2.24. The molecule has 0 saturated heterocycles. The Morgan fingerprint density at radius 1 is 1.30 bits per heavy atom. The number of carbonyl (C=O) groups is 1. The number of benzene rings is 1. The predicted molar refractivity (Wildman–Crippen MR) is 91.3 cm³/mol. The molecule has 5 heteroatoms. The zero-order chi connectivity index (χ0) is 16.9. The highest BCUT2D eigenvalue weighted by Crippen LogP contribution is 2.22. The average molecular weight is 328 g/mol. The number of carbonyl (C=O) groups excluding carboxylic acids is 1. The van der Waals surface area contributed by atoms with Gasteiger partial charge in [-0.15, -0.1) is 11.3 Å². The van der Waals surface area contributed by atoms with Gasteiger partial charge in [-0.25, -0.2) is 4.79 Å². The van der Waals surface area contributed by atoms with Crippen molar-refractivity contribution in [2.45, 2.75) is 38.8 Å². The molecule has 2 rings (SSSR count). The summed E-state index contributed by atoms with van der Waals surface area (Å²) in [5, 5.41) is 13.9. The number of nitrogens with one attached hydrogen (secondary N) is 1. The first-order chi connectivity index (χ1) is 10.9. The van der Waals surface area contributed by atoms with Crippen LogP contribution in [0.1, 0.15) is 42.8 Å². The van der Waals surface area contributed by atoms with E-state index in [1.807, 2.05) is 50.4 Å². The molecule has 1 aromatic heterocycles. The summed E-state index contributed by atoms with van der Waals surface area (Å²) in [6.45, 7) is 5.51. The summed E-state index contributed by atoms with van der Waals surface area (Å²) in [5.41, 5.74) is 1.01. The number of ether oxygens (including phenoxy) is 1. The molecule has 0 bridgehead atoms. The van der Waals surface area contributed by atoms with Gasteiger partial charge in [0.2, 0.25) is 0 Å². The Bertz CT molecular complexity index is 679. The van der Waals surface area contributed by atoms with E-state index in [-0.39, 0.29) is 6.04 Å². The third-order valence-corrected chi connectivity index (χ3v) is 4.02. The van der Waals surface area contributed by atoms with Gasteiger partial charge in [0.25, 0.3) is 0 Å². The van der Waals surface area contributed by atoms with Crippen LogP contribution < -0.4 is 5.32 Å².